The highest BCUT2D eigenvalue weighted by atomic mass is 32.2. The first-order valence-corrected chi connectivity index (χ1v) is 10.9. The summed E-state index contributed by atoms with van der Waals surface area (Å²) in [5, 5.41) is -0.213. The SMILES string of the molecule is COc1ccc(C(S(=O)C(c2ccc(OC)cc2)C(C)(C)C)C(C)(C)C)cc1. The Morgan fingerprint density at radius 2 is 0.929 bits per heavy atom. The molecule has 0 aliphatic heterocycles. The summed E-state index contributed by atoms with van der Waals surface area (Å²) in [6.07, 6.45) is 0. The van der Waals surface area contributed by atoms with Crippen LogP contribution in [0.25, 0.3) is 0 Å². The van der Waals surface area contributed by atoms with Gasteiger partial charge in [0.25, 0.3) is 0 Å². The Morgan fingerprint density at radius 1 is 0.643 bits per heavy atom. The highest BCUT2D eigenvalue weighted by Crippen LogP contribution is 2.48. The van der Waals surface area contributed by atoms with Crippen molar-refractivity contribution >= 4 is 10.8 Å². The molecule has 2 aromatic rings. The van der Waals surface area contributed by atoms with Gasteiger partial charge >= 0.3 is 0 Å². The summed E-state index contributed by atoms with van der Waals surface area (Å²) < 4.78 is 24.7. The second kappa shape index (κ2) is 8.69. The maximum absolute atomic E-state index is 14.1. The number of rotatable bonds is 6. The summed E-state index contributed by atoms with van der Waals surface area (Å²) in [5.41, 5.74) is 1.84. The molecule has 0 radical (unpaired) electrons. The minimum absolute atomic E-state index is 0.107. The van der Waals surface area contributed by atoms with Gasteiger partial charge in [0.15, 0.2) is 0 Å². The molecule has 0 aromatic heterocycles. The molecule has 0 spiro atoms. The van der Waals surface area contributed by atoms with Crippen LogP contribution in [0.2, 0.25) is 0 Å². The molecule has 28 heavy (non-hydrogen) atoms. The van der Waals surface area contributed by atoms with Crippen LogP contribution in [-0.4, -0.2) is 18.4 Å². The van der Waals surface area contributed by atoms with Crippen molar-refractivity contribution in [3.8, 4) is 11.5 Å². The molecule has 0 saturated carbocycles. The summed E-state index contributed by atoms with van der Waals surface area (Å²) in [5.74, 6) is 1.62. The molecule has 154 valence electrons. The lowest BCUT2D eigenvalue weighted by molar-refractivity contribution is 0.364. The largest absolute Gasteiger partial charge is 0.497 e. The zero-order valence-corrected chi connectivity index (χ0v) is 19.2. The van der Waals surface area contributed by atoms with E-state index in [-0.39, 0.29) is 21.3 Å². The number of methoxy groups -OCH3 is 2. The molecule has 0 amide bonds. The summed E-state index contributed by atoms with van der Waals surface area (Å²) in [6, 6.07) is 16.0. The van der Waals surface area contributed by atoms with Gasteiger partial charge in [-0.25, -0.2) is 0 Å². The van der Waals surface area contributed by atoms with Gasteiger partial charge in [-0.15, -0.1) is 0 Å². The van der Waals surface area contributed by atoms with Crippen LogP contribution in [0, 0.1) is 10.8 Å². The molecule has 0 fully saturated rings. The zero-order valence-electron chi connectivity index (χ0n) is 18.4. The topological polar surface area (TPSA) is 35.5 Å². The van der Waals surface area contributed by atoms with Gasteiger partial charge in [0.1, 0.15) is 11.5 Å². The van der Waals surface area contributed by atoms with E-state index in [9.17, 15) is 4.21 Å². The van der Waals surface area contributed by atoms with Gasteiger partial charge in [-0.3, -0.25) is 4.21 Å². The molecule has 0 aliphatic carbocycles. The average Bonchev–Trinajstić information content (AvgIpc) is 2.61. The molecular formula is C24H34O3S. The van der Waals surface area contributed by atoms with E-state index in [4.69, 9.17) is 9.47 Å². The number of ether oxygens (including phenoxy) is 2. The second-order valence-electron chi connectivity index (χ2n) is 9.37. The highest BCUT2D eigenvalue weighted by molar-refractivity contribution is 7.85. The van der Waals surface area contributed by atoms with Crippen molar-refractivity contribution in [3.05, 3.63) is 59.7 Å². The van der Waals surface area contributed by atoms with Crippen LogP contribution in [0.3, 0.4) is 0 Å². The Labute approximate surface area is 172 Å². The van der Waals surface area contributed by atoms with E-state index in [1.54, 1.807) is 14.2 Å². The zero-order chi connectivity index (χ0) is 21.1. The minimum atomic E-state index is -1.14. The van der Waals surface area contributed by atoms with Gasteiger partial charge in [0.05, 0.1) is 24.7 Å². The van der Waals surface area contributed by atoms with Crippen LogP contribution >= 0.6 is 0 Å². The maximum Gasteiger partial charge on any atom is 0.118 e. The molecule has 2 unspecified atom stereocenters. The van der Waals surface area contributed by atoms with Crippen molar-refractivity contribution in [1.82, 2.24) is 0 Å². The fourth-order valence-electron chi connectivity index (χ4n) is 3.66. The van der Waals surface area contributed by atoms with Gasteiger partial charge < -0.3 is 9.47 Å². The predicted octanol–water partition coefficient (Wildman–Crippen LogP) is 6.33. The van der Waals surface area contributed by atoms with Crippen LogP contribution in [0.5, 0.6) is 11.5 Å². The van der Waals surface area contributed by atoms with Crippen molar-refractivity contribution < 1.29 is 13.7 Å². The van der Waals surface area contributed by atoms with E-state index in [1.807, 2.05) is 48.5 Å². The lowest BCUT2D eigenvalue weighted by Crippen LogP contribution is -2.31. The van der Waals surface area contributed by atoms with Gasteiger partial charge in [-0.1, -0.05) is 65.8 Å². The molecule has 2 rings (SSSR count). The van der Waals surface area contributed by atoms with E-state index in [1.165, 1.54) is 0 Å². The molecule has 0 saturated heterocycles. The fraction of sp³-hybridized carbons (Fsp3) is 0.500. The van der Waals surface area contributed by atoms with Crippen LogP contribution in [0.15, 0.2) is 48.5 Å². The van der Waals surface area contributed by atoms with Crippen molar-refractivity contribution in [1.29, 1.82) is 0 Å². The maximum atomic E-state index is 14.1. The smallest absolute Gasteiger partial charge is 0.118 e. The van der Waals surface area contributed by atoms with E-state index in [0.717, 1.165) is 22.6 Å². The van der Waals surface area contributed by atoms with E-state index < -0.39 is 10.8 Å². The molecule has 0 bridgehead atoms. The van der Waals surface area contributed by atoms with Crippen molar-refractivity contribution in [2.75, 3.05) is 14.2 Å². The van der Waals surface area contributed by atoms with Crippen molar-refractivity contribution in [3.63, 3.8) is 0 Å². The number of benzene rings is 2. The van der Waals surface area contributed by atoms with Crippen molar-refractivity contribution in [2.24, 2.45) is 10.8 Å². The third-order valence-corrected chi connectivity index (χ3v) is 7.76. The van der Waals surface area contributed by atoms with E-state index in [0.29, 0.717) is 0 Å². The molecule has 0 aliphatic rings. The summed E-state index contributed by atoms with van der Waals surface area (Å²) in [7, 11) is 2.19. The highest BCUT2D eigenvalue weighted by Gasteiger charge is 2.41. The third kappa shape index (κ3) is 5.16. The summed E-state index contributed by atoms with van der Waals surface area (Å²) >= 11 is 0. The van der Waals surface area contributed by atoms with Crippen LogP contribution in [0.4, 0.5) is 0 Å². The fourth-order valence-corrected chi connectivity index (χ4v) is 6.18. The average molecular weight is 403 g/mol. The van der Waals surface area contributed by atoms with Crippen LogP contribution in [0.1, 0.15) is 63.2 Å². The number of hydrogen-bond donors (Lipinski definition) is 0. The first-order chi connectivity index (χ1) is 13.0. The second-order valence-corrected chi connectivity index (χ2v) is 11.0. The lowest BCUT2D eigenvalue weighted by Gasteiger charge is -2.38. The van der Waals surface area contributed by atoms with E-state index in [2.05, 4.69) is 41.5 Å². The quantitative estimate of drug-likeness (QED) is 0.566. The Morgan fingerprint density at radius 3 is 1.14 bits per heavy atom. The van der Waals surface area contributed by atoms with Crippen LogP contribution < -0.4 is 9.47 Å². The Bertz CT molecular complexity index is 713. The summed E-state index contributed by atoms with van der Waals surface area (Å²) in [6.45, 7) is 13.0. The lowest BCUT2D eigenvalue weighted by atomic mass is 9.86. The van der Waals surface area contributed by atoms with Crippen molar-refractivity contribution in [2.45, 2.75) is 52.0 Å². The molecule has 2 aromatic carbocycles. The third-order valence-electron chi connectivity index (χ3n) is 4.87. The van der Waals surface area contributed by atoms with E-state index >= 15 is 0 Å². The Hall–Kier alpha value is -1.81. The normalized spacial score (nSPS) is 15.6. The predicted molar refractivity (Wildman–Crippen MR) is 119 cm³/mol. The molecule has 2 atom stereocenters. The molecule has 0 N–H and O–H groups in total. The standard InChI is InChI=1S/C24H34O3S/c1-23(2,3)21(17-9-13-19(26-7)14-10-17)28(25)22(24(4,5)6)18-11-15-20(27-8)16-12-18/h9-16,21-22H,1-8H3. The van der Waals surface area contributed by atoms with Gasteiger partial charge in [-0.2, -0.15) is 0 Å². The molecular weight excluding hydrogens is 368 g/mol. The van der Waals surface area contributed by atoms with Gasteiger partial charge in [-0.05, 0) is 46.2 Å². The molecule has 4 heteroatoms. The molecule has 3 nitrogen and oxygen atoms in total. The monoisotopic (exact) mass is 402 g/mol. The van der Waals surface area contributed by atoms with Gasteiger partial charge in [0.2, 0.25) is 0 Å². The minimum Gasteiger partial charge on any atom is -0.497 e. The summed E-state index contributed by atoms with van der Waals surface area (Å²) in [4.78, 5) is 0. The Kier molecular flexibility index (Phi) is 6.97. The first-order valence-electron chi connectivity index (χ1n) is 9.66. The number of hydrogen-bond acceptors (Lipinski definition) is 3. The first kappa shape index (κ1) is 22.5. The Balaban J connectivity index is 2.53. The molecule has 0 heterocycles. The van der Waals surface area contributed by atoms with Gasteiger partial charge in [0, 0.05) is 10.8 Å². The van der Waals surface area contributed by atoms with Crippen LogP contribution in [-0.2, 0) is 10.8 Å².